The molecule has 5 nitrogen and oxygen atoms in total. The third-order valence-corrected chi connectivity index (χ3v) is 5.30. The summed E-state index contributed by atoms with van der Waals surface area (Å²) in [6.45, 7) is 2.53. The molecule has 4 aromatic rings. The number of rotatable bonds is 7. The largest absolute Gasteiger partial charge is 0.383 e. The highest BCUT2D eigenvalue weighted by Crippen LogP contribution is 2.29. The van der Waals surface area contributed by atoms with Crippen LogP contribution < -0.4 is 5.32 Å². The fourth-order valence-corrected chi connectivity index (χ4v) is 3.59. The summed E-state index contributed by atoms with van der Waals surface area (Å²) in [6.07, 6.45) is 0.821. The van der Waals surface area contributed by atoms with E-state index in [0.717, 1.165) is 28.9 Å². The zero-order chi connectivity index (χ0) is 20.9. The molecular formula is C25H25N3O2. The van der Waals surface area contributed by atoms with Crippen LogP contribution in [0, 0.1) is 0 Å². The zero-order valence-corrected chi connectivity index (χ0v) is 17.2. The van der Waals surface area contributed by atoms with E-state index in [1.807, 2.05) is 49.4 Å². The molecule has 1 unspecified atom stereocenters. The quantitative estimate of drug-likeness (QED) is 0.457. The van der Waals surface area contributed by atoms with Crippen molar-refractivity contribution in [3.05, 3.63) is 78.4 Å². The summed E-state index contributed by atoms with van der Waals surface area (Å²) < 4.78 is 5.15. The van der Waals surface area contributed by atoms with E-state index in [2.05, 4.69) is 45.8 Å². The molecule has 0 saturated heterocycles. The van der Waals surface area contributed by atoms with Crippen LogP contribution in [0.2, 0.25) is 0 Å². The van der Waals surface area contributed by atoms with E-state index in [0.29, 0.717) is 12.2 Å². The van der Waals surface area contributed by atoms with Crippen molar-refractivity contribution in [1.29, 1.82) is 0 Å². The molecule has 1 amide bonds. The molecule has 0 saturated carbocycles. The smallest absolute Gasteiger partial charge is 0.251 e. The molecule has 152 valence electrons. The van der Waals surface area contributed by atoms with Crippen LogP contribution in [-0.4, -0.2) is 35.9 Å². The normalized spacial score (nSPS) is 12.1. The fourth-order valence-electron chi connectivity index (χ4n) is 3.59. The van der Waals surface area contributed by atoms with Crippen LogP contribution in [0.4, 0.5) is 0 Å². The Morgan fingerprint density at radius 3 is 2.60 bits per heavy atom. The predicted octanol–water partition coefficient (Wildman–Crippen LogP) is 5.05. The Kier molecular flexibility index (Phi) is 5.91. The Bertz CT molecular complexity index is 1140. The number of nitrogens with zero attached hydrogens (tertiary/aromatic N) is 1. The summed E-state index contributed by atoms with van der Waals surface area (Å²) >= 11 is 0. The van der Waals surface area contributed by atoms with E-state index in [1.54, 1.807) is 7.11 Å². The minimum Gasteiger partial charge on any atom is -0.383 e. The van der Waals surface area contributed by atoms with Gasteiger partial charge >= 0.3 is 0 Å². The van der Waals surface area contributed by atoms with Crippen LogP contribution in [0.25, 0.3) is 33.3 Å². The summed E-state index contributed by atoms with van der Waals surface area (Å²) in [7, 11) is 1.64. The van der Waals surface area contributed by atoms with Gasteiger partial charge in [-0.25, -0.2) is 0 Å². The maximum absolute atomic E-state index is 12.5. The lowest BCUT2D eigenvalue weighted by molar-refractivity contribution is 0.0894. The topological polar surface area (TPSA) is 67.0 Å². The molecule has 1 heterocycles. The number of amides is 1. The van der Waals surface area contributed by atoms with Gasteiger partial charge in [-0.3, -0.25) is 9.89 Å². The second kappa shape index (κ2) is 8.93. The highest BCUT2D eigenvalue weighted by Gasteiger charge is 2.13. The highest BCUT2D eigenvalue weighted by atomic mass is 16.5. The van der Waals surface area contributed by atoms with E-state index in [-0.39, 0.29) is 11.9 Å². The number of aromatic amines is 1. The standard InChI is InChI=1S/C25H25N3O2/c1-3-20(16-30-2)26-25(29)19-13-11-18(12-14-19)23-15-24(28-27-23)22-10-6-8-17-7-4-5-9-21(17)22/h4-15,20H,3,16H2,1-2H3,(H,26,29)(H,27,28). The van der Waals surface area contributed by atoms with Crippen molar-refractivity contribution < 1.29 is 9.53 Å². The first-order valence-corrected chi connectivity index (χ1v) is 10.1. The number of hydrogen-bond acceptors (Lipinski definition) is 3. The van der Waals surface area contributed by atoms with E-state index in [4.69, 9.17) is 4.74 Å². The lowest BCUT2D eigenvalue weighted by atomic mass is 10.0. The van der Waals surface area contributed by atoms with Crippen molar-refractivity contribution in [2.24, 2.45) is 0 Å². The third kappa shape index (κ3) is 4.11. The highest BCUT2D eigenvalue weighted by molar-refractivity contribution is 5.96. The number of benzene rings is 3. The van der Waals surface area contributed by atoms with Crippen LogP contribution in [0.3, 0.4) is 0 Å². The van der Waals surface area contributed by atoms with Crippen LogP contribution in [0.5, 0.6) is 0 Å². The van der Waals surface area contributed by atoms with Gasteiger partial charge in [-0.15, -0.1) is 0 Å². The van der Waals surface area contributed by atoms with Crippen molar-refractivity contribution in [3.8, 4) is 22.5 Å². The molecule has 4 rings (SSSR count). The summed E-state index contributed by atoms with van der Waals surface area (Å²) in [5.74, 6) is -0.0936. The Hall–Kier alpha value is -3.44. The average Bonchev–Trinajstić information content (AvgIpc) is 3.28. The summed E-state index contributed by atoms with van der Waals surface area (Å²) in [5, 5.41) is 13.0. The molecule has 0 aliphatic rings. The van der Waals surface area contributed by atoms with Gasteiger partial charge in [0.05, 0.1) is 24.0 Å². The Morgan fingerprint density at radius 2 is 1.83 bits per heavy atom. The monoisotopic (exact) mass is 399 g/mol. The second-order valence-electron chi connectivity index (χ2n) is 7.30. The van der Waals surface area contributed by atoms with Gasteiger partial charge in [0.25, 0.3) is 5.91 Å². The number of carbonyl (C=O) groups excluding carboxylic acids is 1. The molecule has 0 spiro atoms. The number of H-pyrrole nitrogens is 1. The van der Waals surface area contributed by atoms with Crippen LogP contribution in [-0.2, 0) is 4.74 Å². The lowest BCUT2D eigenvalue weighted by Crippen LogP contribution is -2.37. The van der Waals surface area contributed by atoms with E-state index in [9.17, 15) is 4.79 Å². The first-order chi connectivity index (χ1) is 14.7. The van der Waals surface area contributed by atoms with Gasteiger partial charge in [-0.1, -0.05) is 61.5 Å². The number of carbonyl (C=O) groups is 1. The molecule has 0 aliphatic carbocycles. The number of nitrogens with one attached hydrogen (secondary N) is 2. The molecule has 0 bridgehead atoms. The molecule has 3 aromatic carbocycles. The average molecular weight is 399 g/mol. The van der Waals surface area contributed by atoms with Gasteiger partial charge in [0.1, 0.15) is 0 Å². The third-order valence-electron chi connectivity index (χ3n) is 5.30. The van der Waals surface area contributed by atoms with Gasteiger partial charge in [0.2, 0.25) is 0 Å². The van der Waals surface area contributed by atoms with Crippen molar-refractivity contribution in [1.82, 2.24) is 15.5 Å². The number of fused-ring (bicyclic) bond motifs is 1. The van der Waals surface area contributed by atoms with Crippen molar-refractivity contribution in [3.63, 3.8) is 0 Å². The number of aromatic nitrogens is 2. The Balaban J connectivity index is 1.55. The fraction of sp³-hybridized carbons (Fsp3) is 0.200. The van der Waals surface area contributed by atoms with E-state index >= 15 is 0 Å². The van der Waals surface area contributed by atoms with Gasteiger partial charge < -0.3 is 10.1 Å². The van der Waals surface area contributed by atoms with Gasteiger partial charge in [-0.2, -0.15) is 5.10 Å². The van der Waals surface area contributed by atoms with Gasteiger partial charge in [0, 0.05) is 23.8 Å². The number of ether oxygens (including phenoxy) is 1. The van der Waals surface area contributed by atoms with Crippen LogP contribution >= 0.6 is 0 Å². The molecule has 1 aromatic heterocycles. The number of hydrogen-bond donors (Lipinski definition) is 2. The first kappa shape index (κ1) is 19.9. The first-order valence-electron chi connectivity index (χ1n) is 10.1. The zero-order valence-electron chi connectivity index (χ0n) is 17.2. The number of methoxy groups -OCH3 is 1. The molecule has 1 atom stereocenters. The molecule has 5 heteroatoms. The van der Waals surface area contributed by atoms with Crippen molar-refractivity contribution >= 4 is 16.7 Å². The minimum atomic E-state index is -0.0936. The molecule has 2 N–H and O–H groups in total. The van der Waals surface area contributed by atoms with Gasteiger partial charge in [0.15, 0.2) is 0 Å². The molecule has 0 fully saturated rings. The molecular weight excluding hydrogens is 374 g/mol. The van der Waals surface area contributed by atoms with Crippen LogP contribution in [0.1, 0.15) is 23.7 Å². The molecule has 0 aliphatic heterocycles. The minimum absolute atomic E-state index is 0.0109. The van der Waals surface area contributed by atoms with Crippen LogP contribution in [0.15, 0.2) is 72.8 Å². The second-order valence-corrected chi connectivity index (χ2v) is 7.30. The van der Waals surface area contributed by atoms with Gasteiger partial charge in [-0.05, 0) is 35.4 Å². The molecule has 30 heavy (non-hydrogen) atoms. The summed E-state index contributed by atoms with van der Waals surface area (Å²) in [5.41, 5.74) is 4.51. The lowest BCUT2D eigenvalue weighted by Gasteiger charge is -2.15. The Labute approximate surface area is 176 Å². The maximum Gasteiger partial charge on any atom is 0.251 e. The van der Waals surface area contributed by atoms with Crippen molar-refractivity contribution in [2.75, 3.05) is 13.7 Å². The summed E-state index contributed by atoms with van der Waals surface area (Å²) in [4.78, 5) is 12.5. The van der Waals surface area contributed by atoms with E-state index in [1.165, 1.54) is 10.8 Å². The Morgan fingerprint density at radius 1 is 1.07 bits per heavy atom. The molecule has 0 radical (unpaired) electrons. The SMILES string of the molecule is CCC(COC)NC(=O)c1ccc(-c2cc(-c3cccc4ccccc34)[nH]n2)cc1. The maximum atomic E-state index is 12.5. The van der Waals surface area contributed by atoms with E-state index < -0.39 is 0 Å². The van der Waals surface area contributed by atoms with Crippen molar-refractivity contribution in [2.45, 2.75) is 19.4 Å². The predicted molar refractivity (Wildman–Crippen MR) is 120 cm³/mol. The summed E-state index contributed by atoms with van der Waals surface area (Å²) in [6, 6.07) is 24.1.